The predicted octanol–water partition coefficient (Wildman–Crippen LogP) is 4.06. The monoisotopic (exact) mass is 268 g/mol. The van der Waals surface area contributed by atoms with Gasteiger partial charge >= 0.3 is 0 Å². The molecule has 1 aromatic carbocycles. The fourth-order valence-corrected chi connectivity index (χ4v) is 2.48. The van der Waals surface area contributed by atoms with E-state index in [1.54, 1.807) is 0 Å². The molecule has 0 fully saturated rings. The summed E-state index contributed by atoms with van der Waals surface area (Å²) in [7, 11) is 0. The highest BCUT2D eigenvalue weighted by atomic mass is 15.0. The van der Waals surface area contributed by atoms with Crippen LogP contribution in [0.3, 0.4) is 0 Å². The molecule has 0 radical (unpaired) electrons. The first-order valence-corrected chi connectivity index (χ1v) is 7.37. The van der Waals surface area contributed by atoms with E-state index in [4.69, 9.17) is 0 Å². The van der Waals surface area contributed by atoms with E-state index in [0.29, 0.717) is 12.1 Å². The Morgan fingerprint density at radius 1 is 1.10 bits per heavy atom. The van der Waals surface area contributed by atoms with Crippen molar-refractivity contribution in [1.82, 2.24) is 10.3 Å². The number of nitrogens with zero attached hydrogens (tertiary/aromatic N) is 1. The van der Waals surface area contributed by atoms with Crippen LogP contribution < -0.4 is 5.32 Å². The lowest BCUT2D eigenvalue weighted by Crippen LogP contribution is -2.29. The van der Waals surface area contributed by atoms with E-state index in [0.717, 1.165) is 18.5 Å². The van der Waals surface area contributed by atoms with E-state index in [-0.39, 0.29) is 0 Å². The summed E-state index contributed by atoms with van der Waals surface area (Å²) in [5, 5.41) is 3.62. The van der Waals surface area contributed by atoms with Gasteiger partial charge in [-0.1, -0.05) is 35.9 Å². The van der Waals surface area contributed by atoms with E-state index in [2.05, 4.69) is 61.4 Å². The molecule has 0 aliphatic rings. The van der Waals surface area contributed by atoms with E-state index < -0.39 is 0 Å². The van der Waals surface area contributed by atoms with Gasteiger partial charge in [-0.2, -0.15) is 0 Å². The third-order valence-electron chi connectivity index (χ3n) is 3.61. The first-order valence-electron chi connectivity index (χ1n) is 7.37. The number of hydrogen-bond donors (Lipinski definition) is 1. The highest BCUT2D eigenvalue weighted by Gasteiger charge is 2.10. The Hall–Kier alpha value is -1.67. The lowest BCUT2D eigenvalue weighted by Gasteiger charge is -2.19. The van der Waals surface area contributed by atoms with Crippen molar-refractivity contribution in [3.8, 4) is 0 Å². The zero-order valence-corrected chi connectivity index (χ0v) is 12.6. The van der Waals surface area contributed by atoms with Crippen molar-refractivity contribution in [1.29, 1.82) is 0 Å². The van der Waals surface area contributed by atoms with Crippen LogP contribution >= 0.6 is 0 Å². The quantitative estimate of drug-likeness (QED) is 0.854. The summed E-state index contributed by atoms with van der Waals surface area (Å²) in [6, 6.07) is 15.6. The van der Waals surface area contributed by atoms with Gasteiger partial charge in [0.15, 0.2) is 0 Å². The third-order valence-corrected chi connectivity index (χ3v) is 3.61. The van der Waals surface area contributed by atoms with Crippen LogP contribution in [0.2, 0.25) is 0 Å². The molecule has 0 bridgehead atoms. The Bertz CT molecular complexity index is 522. The summed E-state index contributed by atoms with van der Waals surface area (Å²) < 4.78 is 0. The topological polar surface area (TPSA) is 24.9 Å². The minimum atomic E-state index is 0.295. The number of rotatable bonds is 6. The smallest absolute Gasteiger partial charge is 0.0570 e. The fourth-order valence-electron chi connectivity index (χ4n) is 2.48. The SMILES string of the molecule is Cc1cccc(CCC(C)N[C@@H](C)c2ccccn2)c1. The molecule has 1 heterocycles. The van der Waals surface area contributed by atoms with E-state index in [1.165, 1.54) is 11.1 Å². The average Bonchev–Trinajstić information content (AvgIpc) is 2.46. The Kier molecular flexibility index (Phi) is 5.31. The van der Waals surface area contributed by atoms with Crippen LogP contribution in [-0.2, 0) is 6.42 Å². The lowest BCUT2D eigenvalue weighted by molar-refractivity contribution is 0.450. The molecule has 0 amide bonds. The van der Waals surface area contributed by atoms with Gasteiger partial charge in [-0.05, 0) is 51.3 Å². The molecule has 2 heteroatoms. The summed E-state index contributed by atoms with van der Waals surface area (Å²) in [5.74, 6) is 0. The predicted molar refractivity (Wildman–Crippen MR) is 84.7 cm³/mol. The van der Waals surface area contributed by atoms with Crippen LogP contribution in [0.25, 0.3) is 0 Å². The Balaban J connectivity index is 1.82. The second kappa shape index (κ2) is 7.20. The van der Waals surface area contributed by atoms with Gasteiger partial charge in [0, 0.05) is 18.3 Å². The highest BCUT2D eigenvalue weighted by molar-refractivity contribution is 5.22. The van der Waals surface area contributed by atoms with Crippen LogP contribution in [0, 0.1) is 6.92 Å². The molecule has 2 aromatic rings. The molecule has 106 valence electrons. The number of aromatic nitrogens is 1. The maximum Gasteiger partial charge on any atom is 0.0570 e. The van der Waals surface area contributed by atoms with Crippen molar-refractivity contribution < 1.29 is 0 Å². The maximum absolute atomic E-state index is 4.40. The van der Waals surface area contributed by atoms with Gasteiger partial charge in [-0.15, -0.1) is 0 Å². The molecule has 2 atom stereocenters. The van der Waals surface area contributed by atoms with Crippen molar-refractivity contribution in [2.45, 2.75) is 45.7 Å². The van der Waals surface area contributed by atoms with Crippen LogP contribution in [0.1, 0.15) is 43.1 Å². The third kappa shape index (κ3) is 4.46. The summed E-state index contributed by atoms with van der Waals surface area (Å²) in [5.41, 5.74) is 3.86. The summed E-state index contributed by atoms with van der Waals surface area (Å²) in [6.45, 7) is 6.56. The van der Waals surface area contributed by atoms with Gasteiger partial charge in [0.05, 0.1) is 5.69 Å². The van der Waals surface area contributed by atoms with Crippen LogP contribution in [0.4, 0.5) is 0 Å². The fraction of sp³-hybridized carbons (Fsp3) is 0.389. The summed E-state index contributed by atoms with van der Waals surface area (Å²) in [4.78, 5) is 4.40. The van der Waals surface area contributed by atoms with E-state index in [1.807, 2.05) is 18.3 Å². The molecule has 0 saturated carbocycles. The largest absolute Gasteiger partial charge is 0.306 e. The molecule has 1 aromatic heterocycles. The Morgan fingerprint density at radius 2 is 1.95 bits per heavy atom. The second-order valence-electron chi connectivity index (χ2n) is 5.57. The maximum atomic E-state index is 4.40. The van der Waals surface area contributed by atoms with Gasteiger partial charge in [-0.3, -0.25) is 4.98 Å². The molecule has 20 heavy (non-hydrogen) atoms. The average molecular weight is 268 g/mol. The zero-order chi connectivity index (χ0) is 14.4. The molecule has 2 nitrogen and oxygen atoms in total. The highest BCUT2D eigenvalue weighted by Crippen LogP contribution is 2.12. The van der Waals surface area contributed by atoms with Crippen molar-refractivity contribution >= 4 is 0 Å². The van der Waals surface area contributed by atoms with Crippen LogP contribution in [0.15, 0.2) is 48.7 Å². The van der Waals surface area contributed by atoms with Gasteiger partial charge < -0.3 is 5.32 Å². The van der Waals surface area contributed by atoms with Gasteiger partial charge in [0.2, 0.25) is 0 Å². The molecule has 0 aliphatic heterocycles. The van der Waals surface area contributed by atoms with Crippen molar-refractivity contribution in [3.63, 3.8) is 0 Å². The number of nitrogens with one attached hydrogen (secondary N) is 1. The molecular formula is C18H24N2. The number of benzene rings is 1. The number of aryl methyl sites for hydroxylation is 2. The standard InChI is InChI=1S/C18H24N2/c1-14-7-6-8-17(13-14)11-10-15(2)20-16(3)18-9-4-5-12-19-18/h4-9,12-13,15-16,20H,10-11H2,1-3H3/t15?,16-/m0/s1. The first-order chi connectivity index (χ1) is 9.65. The Labute approximate surface area is 122 Å². The first kappa shape index (κ1) is 14.7. The van der Waals surface area contributed by atoms with Gasteiger partial charge in [0.1, 0.15) is 0 Å². The van der Waals surface area contributed by atoms with Crippen LogP contribution in [-0.4, -0.2) is 11.0 Å². The summed E-state index contributed by atoms with van der Waals surface area (Å²) in [6.07, 6.45) is 4.11. The number of hydrogen-bond acceptors (Lipinski definition) is 2. The molecule has 0 aliphatic carbocycles. The molecular weight excluding hydrogens is 244 g/mol. The minimum Gasteiger partial charge on any atom is -0.306 e. The second-order valence-corrected chi connectivity index (χ2v) is 5.57. The normalized spacial score (nSPS) is 13.9. The van der Waals surface area contributed by atoms with Gasteiger partial charge in [-0.25, -0.2) is 0 Å². The summed E-state index contributed by atoms with van der Waals surface area (Å²) >= 11 is 0. The minimum absolute atomic E-state index is 0.295. The zero-order valence-electron chi connectivity index (χ0n) is 12.6. The lowest BCUT2D eigenvalue weighted by atomic mass is 10.0. The molecule has 1 N–H and O–H groups in total. The molecule has 0 spiro atoms. The van der Waals surface area contributed by atoms with Crippen molar-refractivity contribution in [2.75, 3.05) is 0 Å². The van der Waals surface area contributed by atoms with Crippen molar-refractivity contribution in [2.24, 2.45) is 0 Å². The molecule has 1 unspecified atom stereocenters. The molecule has 0 saturated heterocycles. The van der Waals surface area contributed by atoms with E-state index >= 15 is 0 Å². The van der Waals surface area contributed by atoms with E-state index in [9.17, 15) is 0 Å². The van der Waals surface area contributed by atoms with Crippen LogP contribution in [0.5, 0.6) is 0 Å². The van der Waals surface area contributed by atoms with Gasteiger partial charge in [0.25, 0.3) is 0 Å². The van der Waals surface area contributed by atoms with Crippen molar-refractivity contribution in [3.05, 3.63) is 65.5 Å². The Morgan fingerprint density at radius 3 is 2.65 bits per heavy atom. The molecule has 2 rings (SSSR count). The number of pyridine rings is 1.